The molecule has 1 aliphatic rings. The highest BCUT2D eigenvalue weighted by Gasteiger charge is 2.16. The van der Waals surface area contributed by atoms with Gasteiger partial charge in [0.2, 0.25) is 0 Å². The Morgan fingerprint density at radius 3 is 2.71 bits per heavy atom. The second-order valence-corrected chi connectivity index (χ2v) is 5.20. The van der Waals surface area contributed by atoms with Gasteiger partial charge in [-0.15, -0.1) is 0 Å². The fourth-order valence-electron chi connectivity index (χ4n) is 2.68. The first-order valence-electron chi connectivity index (χ1n) is 6.37. The van der Waals surface area contributed by atoms with Crippen LogP contribution in [-0.4, -0.2) is 18.5 Å². The third-order valence-electron chi connectivity index (χ3n) is 3.56. The van der Waals surface area contributed by atoms with Gasteiger partial charge in [0, 0.05) is 13.1 Å². The highest BCUT2D eigenvalue weighted by Crippen LogP contribution is 2.25. The van der Waals surface area contributed by atoms with Crippen LogP contribution in [0.15, 0.2) is 18.2 Å². The summed E-state index contributed by atoms with van der Waals surface area (Å²) < 4.78 is 13.3. The summed E-state index contributed by atoms with van der Waals surface area (Å²) in [7, 11) is 2.10. The average molecular weight is 236 g/mol. The van der Waals surface area contributed by atoms with Gasteiger partial charge in [0.05, 0.1) is 5.69 Å². The zero-order chi connectivity index (χ0) is 12.3. The van der Waals surface area contributed by atoms with E-state index in [2.05, 4.69) is 11.9 Å². The molecule has 3 heteroatoms. The Morgan fingerprint density at radius 1 is 1.35 bits per heavy atom. The molecule has 0 aromatic heterocycles. The molecule has 1 aromatic rings. The molecule has 0 saturated heterocycles. The Morgan fingerprint density at radius 2 is 2.06 bits per heavy atom. The standard InChI is InChI=1S/C14H21FN2/c1-17(9-11-4-2-3-5-11)10-12-6-7-14(16)13(15)8-12/h6-8,11H,2-5,9-10,16H2,1H3. The van der Waals surface area contributed by atoms with Crippen LogP contribution in [0, 0.1) is 11.7 Å². The van der Waals surface area contributed by atoms with Gasteiger partial charge in [0.15, 0.2) is 0 Å². The summed E-state index contributed by atoms with van der Waals surface area (Å²) in [5, 5.41) is 0. The van der Waals surface area contributed by atoms with Crippen LogP contribution >= 0.6 is 0 Å². The lowest BCUT2D eigenvalue weighted by atomic mass is 10.1. The van der Waals surface area contributed by atoms with Crippen molar-refractivity contribution in [1.29, 1.82) is 0 Å². The number of anilines is 1. The minimum Gasteiger partial charge on any atom is -0.396 e. The van der Waals surface area contributed by atoms with Crippen molar-refractivity contribution in [3.05, 3.63) is 29.6 Å². The molecule has 0 atom stereocenters. The normalized spacial score (nSPS) is 16.9. The van der Waals surface area contributed by atoms with Crippen LogP contribution in [-0.2, 0) is 6.54 Å². The van der Waals surface area contributed by atoms with E-state index in [0.717, 1.165) is 24.6 Å². The number of hydrogen-bond donors (Lipinski definition) is 1. The van der Waals surface area contributed by atoms with Crippen molar-refractivity contribution >= 4 is 5.69 Å². The van der Waals surface area contributed by atoms with E-state index in [1.165, 1.54) is 25.7 Å². The smallest absolute Gasteiger partial charge is 0.146 e. The van der Waals surface area contributed by atoms with E-state index >= 15 is 0 Å². The van der Waals surface area contributed by atoms with Crippen LogP contribution in [0.25, 0.3) is 0 Å². The number of nitrogens with zero attached hydrogens (tertiary/aromatic N) is 1. The molecule has 0 heterocycles. The summed E-state index contributed by atoms with van der Waals surface area (Å²) in [6.07, 6.45) is 5.44. The lowest BCUT2D eigenvalue weighted by molar-refractivity contribution is 0.271. The molecule has 2 rings (SSSR count). The summed E-state index contributed by atoms with van der Waals surface area (Å²) in [6.45, 7) is 1.92. The van der Waals surface area contributed by atoms with Crippen LogP contribution in [0.3, 0.4) is 0 Å². The van der Waals surface area contributed by atoms with Crippen molar-refractivity contribution in [2.75, 3.05) is 19.3 Å². The van der Waals surface area contributed by atoms with E-state index in [1.54, 1.807) is 12.1 Å². The van der Waals surface area contributed by atoms with E-state index in [0.29, 0.717) is 0 Å². The second kappa shape index (κ2) is 5.50. The predicted octanol–water partition coefficient (Wildman–Crippen LogP) is 3.03. The molecule has 1 fully saturated rings. The van der Waals surface area contributed by atoms with Crippen molar-refractivity contribution in [2.45, 2.75) is 32.2 Å². The van der Waals surface area contributed by atoms with Gasteiger partial charge >= 0.3 is 0 Å². The third kappa shape index (κ3) is 3.43. The first kappa shape index (κ1) is 12.4. The van der Waals surface area contributed by atoms with E-state index in [4.69, 9.17) is 5.73 Å². The van der Waals surface area contributed by atoms with E-state index in [1.807, 2.05) is 6.07 Å². The fraction of sp³-hybridized carbons (Fsp3) is 0.571. The number of halogens is 1. The van der Waals surface area contributed by atoms with Crippen molar-refractivity contribution in [3.8, 4) is 0 Å². The first-order valence-corrected chi connectivity index (χ1v) is 6.37. The van der Waals surface area contributed by atoms with Crippen molar-refractivity contribution in [2.24, 2.45) is 5.92 Å². The molecule has 0 spiro atoms. The monoisotopic (exact) mass is 236 g/mol. The van der Waals surface area contributed by atoms with Crippen LogP contribution < -0.4 is 5.73 Å². The zero-order valence-electron chi connectivity index (χ0n) is 10.5. The molecule has 1 aliphatic carbocycles. The summed E-state index contributed by atoms with van der Waals surface area (Å²) in [4.78, 5) is 2.28. The lowest BCUT2D eigenvalue weighted by Gasteiger charge is -2.20. The van der Waals surface area contributed by atoms with Gasteiger partial charge < -0.3 is 10.6 Å². The Kier molecular flexibility index (Phi) is 4.00. The molecule has 17 heavy (non-hydrogen) atoms. The molecule has 0 aliphatic heterocycles. The third-order valence-corrected chi connectivity index (χ3v) is 3.56. The number of nitrogen functional groups attached to an aromatic ring is 1. The molecule has 0 amide bonds. The molecular formula is C14H21FN2. The highest BCUT2D eigenvalue weighted by atomic mass is 19.1. The maximum Gasteiger partial charge on any atom is 0.146 e. The Labute approximate surface area is 103 Å². The van der Waals surface area contributed by atoms with Gasteiger partial charge in [-0.2, -0.15) is 0 Å². The minimum atomic E-state index is -0.309. The van der Waals surface area contributed by atoms with Gasteiger partial charge in [0.25, 0.3) is 0 Å². The van der Waals surface area contributed by atoms with Gasteiger partial charge in [-0.1, -0.05) is 18.9 Å². The number of hydrogen-bond acceptors (Lipinski definition) is 2. The minimum absolute atomic E-state index is 0.229. The molecule has 1 aromatic carbocycles. The van der Waals surface area contributed by atoms with Crippen LogP contribution in [0.4, 0.5) is 10.1 Å². The first-order chi connectivity index (χ1) is 8.15. The SMILES string of the molecule is CN(Cc1ccc(N)c(F)c1)CC1CCCC1. The summed E-state index contributed by atoms with van der Waals surface area (Å²) in [6, 6.07) is 5.10. The molecule has 1 saturated carbocycles. The van der Waals surface area contributed by atoms with Crippen LogP contribution in [0.2, 0.25) is 0 Å². The van der Waals surface area contributed by atoms with Crippen molar-refractivity contribution in [1.82, 2.24) is 4.90 Å². The molecule has 0 bridgehead atoms. The predicted molar refractivity (Wildman–Crippen MR) is 69.1 cm³/mol. The van der Waals surface area contributed by atoms with Gasteiger partial charge in [-0.3, -0.25) is 0 Å². The largest absolute Gasteiger partial charge is 0.396 e. The zero-order valence-corrected chi connectivity index (χ0v) is 10.5. The van der Waals surface area contributed by atoms with Gasteiger partial charge in [-0.25, -0.2) is 4.39 Å². The summed E-state index contributed by atoms with van der Waals surface area (Å²) >= 11 is 0. The molecule has 94 valence electrons. The fourth-order valence-corrected chi connectivity index (χ4v) is 2.68. The van der Waals surface area contributed by atoms with E-state index in [9.17, 15) is 4.39 Å². The average Bonchev–Trinajstić information content (AvgIpc) is 2.76. The highest BCUT2D eigenvalue weighted by molar-refractivity contribution is 5.41. The van der Waals surface area contributed by atoms with Crippen LogP contribution in [0.5, 0.6) is 0 Å². The maximum atomic E-state index is 13.3. The Bertz CT molecular complexity index is 372. The maximum absolute atomic E-state index is 13.3. The summed E-state index contributed by atoms with van der Waals surface area (Å²) in [5.74, 6) is 0.524. The van der Waals surface area contributed by atoms with Crippen molar-refractivity contribution < 1.29 is 4.39 Å². The van der Waals surface area contributed by atoms with Crippen LogP contribution in [0.1, 0.15) is 31.2 Å². The van der Waals surface area contributed by atoms with Crippen molar-refractivity contribution in [3.63, 3.8) is 0 Å². The molecular weight excluding hydrogens is 215 g/mol. The summed E-state index contributed by atoms with van der Waals surface area (Å²) in [5.41, 5.74) is 6.69. The van der Waals surface area contributed by atoms with Gasteiger partial charge in [0.1, 0.15) is 5.82 Å². The molecule has 2 nitrogen and oxygen atoms in total. The van der Waals surface area contributed by atoms with E-state index < -0.39 is 0 Å². The quantitative estimate of drug-likeness (QED) is 0.814. The number of nitrogens with two attached hydrogens (primary N) is 1. The molecule has 0 radical (unpaired) electrons. The topological polar surface area (TPSA) is 29.3 Å². The Balaban J connectivity index is 1.88. The Hall–Kier alpha value is -1.09. The lowest BCUT2D eigenvalue weighted by Crippen LogP contribution is -2.24. The molecule has 0 unspecified atom stereocenters. The van der Waals surface area contributed by atoms with Gasteiger partial charge in [-0.05, 0) is 43.5 Å². The number of benzene rings is 1. The number of rotatable bonds is 4. The van der Waals surface area contributed by atoms with E-state index in [-0.39, 0.29) is 11.5 Å². The molecule has 2 N–H and O–H groups in total. The second-order valence-electron chi connectivity index (χ2n) is 5.20.